The number of anilines is 1. The van der Waals surface area contributed by atoms with Gasteiger partial charge in [-0.05, 0) is 56.2 Å². The molecule has 152 valence electrons. The van der Waals surface area contributed by atoms with E-state index in [1.54, 1.807) is 6.20 Å². The normalized spacial score (nSPS) is 17.4. The zero-order chi connectivity index (χ0) is 19.9. The summed E-state index contributed by atoms with van der Waals surface area (Å²) in [6.45, 7) is 2.01. The van der Waals surface area contributed by atoms with E-state index in [0.717, 1.165) is 54.4 Å². The Balaban J connectivity index is 1.42. The Bertz CT molecular complexity index is 1160. The molecule has 1 fully saturated rings. The van der Waals surface area contributed by atoms with Crippen LogP contribution >= 0.6 is 11.3 Å². The molecule has 6 nitrogen and oxygen atoms in total. The van der Waals surface area contributed by atoms with Crippen molar-refractivity contribution < 1.29 is 0 Å². The summed E-state index contributed by atoms with van der Waals surface area (Å²) >= 11 is 1.87. The van der Waals surface area contributed by atoms with Gasteiger partial charge >= 0.3 is 0 Å². The SMILES string of the molecule is c1cncc(-c2nc(N3CCC(n4ccnc4)CC3)c3c4c(sc3n2)CCCC4)c1. The van der Waals surface area contributed by atoms with Crippen LogP contribution in [0.5, 0.6) is 0 Å². The van der Waals surface area contributed by atoms with Crippen LogP contribution in [-0.2, 0) is 12.8 Å². The van der Waals surface area contributed by atoms with Gasteiger partial charge in [0.05, 0.1) is 11.7 Å². The second-order valence-corrected chi connectivity index (χ2v) is 9.32. The maximum atomic E-state index is 5.13. The Hall–Kier alpha value is -2.80. The van der Waals surface area contributed by atoms with Crippen molar-refractivity contribution in [3.05, 3.63) is 53.7 Å². The van der Waals surface area contributed by atoms with E-state index in [-0.39, 0.29) is 0 Å². The van der Waals surface area contributed by atoms with E-state index in [9.17, 15) is 0 Å². The molecule has 4 aromatic rings. The third-order valence-corrected chi connectivity index (χ3v) is 7.61. The van der Waals surface area contributed by atoms with Crippen molar-refractivity contribution in [3.63, 3.8) is 0 Å². The minimum atomic E-state index is 0.523. The first kappa shape index (κ1) is 18.0. The minimum Gasteiger partial charge on any atom is -0.356 e. The van der Waals surface area contributed by atoms with Crippen LogP contribution in [0.25, 0.3) is 21.6 Å². The molecule has 1 saturated heterocycles. The van der Waals surface area contributed by atoms with Crippen molar-refractivity contribution in [1.29, 1.82) is 0 Å². The molecule has 2 aliphatic rings. The van der Waals surface area contributed by atoms with Crippen LogP contribution < -0.4 is 4.90 Å². The van der Waals surface area contributed by atoms with Crippen LogP contribution in [0.1, 0.15) is 42.2 Å². The minimum absolute atomic E-state index is 0.523. The van der Waals surface area contributed by atoms with Crippen molar-refractivity contribution in [1.82, 2.24) is 24.5 Å². The molecular weight excluding hydrogens is 392 g/mol. The number of aromatic nitrogens is 5. The smallest absolute Gasteiger partial charge is 0.164 e. The molecule has 5 heterocycles. The van der Waals surface area contributed by atoms with Gasteiger partial charge in [-0.3, -0.25) is 4.98 Å². The van der Waals surface area contributed by atoms with Crippen LogP contribution in [-0.4, -0.2) is 37.6 Å². The fraction of sp³-hybridized carbons (Fsp3) is 0.391. The van der Waals surface area contributed by atoms with Gasteiger partial charge in [0.25, 0.3) is 0 Å². The monoisotopic (exact) mass is 416 g/mol. The Kier molecular flexibility index (Phi) is 4.48. The van der Waals surface area contributed by atoms with E-state index in [2.05, 4.69) is 31.7 Å². The molecule has 0 atom stereocenters. The van der Waals surface area contributed by atoms with E-state index >= 15 is 0 Å². The lowest BCUT2D eigenvalue weighted by Gasteiger charge is -2.34. The standard InChI is InChI=1S/C23H24N6S/c1-2-6-19-18(5-1)20-22(28-11-7-17(8-12-28)29-13-10-25-15-29)26-21(27-23(20)30-19)16-4-3-9-24-14-16/h3-4,9-10,13-15,17H,1-2,5-8,11-12H2. The fourth-order valence-corrected chi connectivity index (χ4v) is 6.11. The van der Waals surface area contributed by atoms with Gasteiger partial charge in [-0.1, -0.05) is 0 Å². The predicted octanol–water partition coefficient (Wildman–Crippen LogP) is 4.67. The highest BCUT2D eigenvalue weighted by Gasteiger charge is 2.27. The molecular formula is C23H24N6S. The fourth-order valence-electron chi connectivity index (χ4n) is 4.85. The molecule has 4 aromatic heterocycles. The molecule has 0 amide bonds. The number of rotatable bonds is 3. The summed E-state index contributed by atoms with van der Waals surface area (Å²) in [4.78, 5) is 23.8. The molecule has 1 aliphatic heterocycles. The number of hydrogen-bond donors (Lipinski definition) is 0. The van der Waals surface area contributed by atoms with E-state index < -0.39 is 0 Å². The summed E-state index contributed by atoms with van der Waals surface area (Å²) < 4.78 is 2.25. The molecule has 0 bridgehead atoms. The molecule has 0 spiro atoms. The van der Waals surface area contributed by atoms with Crippen molar-refractivity contribution >= 4 is 27.4 Å². The Morgan fingerprint density at radius 1 is 1.00 bits per heavy atom. The van der Waals surface area contributed by atoms with Crippen LogP contribution in [0.4, 0.5) is 5.82 Å². The van der Waals surface area contributed by atoms with Gasteiger partial charge in [0, 0.05) is 54.4 Å². The van der Waals surface area contributed by atoms with Gasteiger partial charge in [0.2, 0.25) is 0 Å². The average molecular weight is 417 g/mol. The zero-order valence-corrected chi connectivity index (χ0v) is 17.7. The summed E-state index contributed by atoms with van der Waals surface area (Å²) in [5, 5.41) is 1.31. The first-order valence-corrected chi connectivity index (χ1v) is 11.6. The number of aryl methyl sites for hydroxylation is 2. The van der Waals surface area contributed by atoms with Crippen LogP contribution in [0.3, 0.4) is 0 Å². The number of hydrogen-bond acceptors (Lipinski definition) is 6. The highest BCUT2D eigenvalue weighted by Crippen LogP contribution is 2.41. The van der Waals surface area contributed by atoms with Crippen LogP contribution in [0, 0.1) is 0 Å². The Morgan fingerprint density at radius 2 is 1.90 bits per heavy atom. The summed E-state index contributed by atoms with van der Waals surface area (Å²) in [5.74, 6) is 1.92. The lowest BCUT2D eigenvalue weighted by molar-refractivity contribution is 0.395. The predicted molar refractivity (Wildman–Crippen MR) is 120 cm³/mol. The maximum absolute atomic E-state index is 5.13. The van der Waals surface area contributed by atoms with Gasteiger partial charge in [-0.25, -0.2) is 15.0 Å². The quantitative estimate of drug-likeness (QED) is 0.486. The maximum Gasteiger partial charge on any atom is 0.164 e. The highest BCUT2D eigenvalue weighted by atomic mass is 32.1. The molecule has 0 aromatic carbocycles. The van der Waals surface area contributed by atoms with Crippen molar-refractivity contribution in [3.8, 4) is 11.4 Å². The number of thiophene rings is 1. The topological polar surface area (TPSA) is 59.7 Å². The van der Waals surface area contributed by atoms with Gasteiger partial charge in [-0.2, -0.15) is 0 Å². The molecule has 7 heteroatoms. The molecule has 30 heavy (non-hydrogen) atoms. The molecule has 1 aliphatic carbocycles. The Labute approximate surface area is 179 Å². The molecule has 6 rings (SSSR count). The number of imidazole rings is 1. The summed E-state index contributed by atoms with van der Waals surface area (Å²) in [6.07, 6.45) is 16.7. The Morgan fingerprint density at radius 3 is 2.70 bits per heavy atom. The van der Waals surface area contributed by atoms with E-state index in [0.29, 0.717) is 6.04 Å². The van der Waals surface area contributed by atoms with Gasteiger partial charge < -0.3 is 9.47 Å². The highest BCUT2D eigenvalue weighted by molar-refractivity contribution is 7.19. The van der Waals surface area contributed by atoms with Crippen molar-refractivity contribution in [2.24, 2.45) is 0 Å². The van der Waals surface area contributed by atoms with Gasteiger partial charge in [-0.15, -0.1) is 11.3 Å². The molecule has 0 saturated carbocycles. The van der Waals surface area contributed by atoms with Crippen LogP contribution in [0.2, 0.25) is 0 Å². The third-order valence-electron chi connectivity index (χ3n) is 6.43. The zero-order valence-electron chi connectivity index (χ0n) is 16.9. The summed E-state index contributed by atoms with van der Waals surface area (Å²) in [7, 11) is 0. The largest absolute Gasteiger partial charge is 0.356 e. The molecule has 0 N–H and O–H groups in total. The summed E-state index contributed by atoms with van der Waals surface area (Å²) in [6, 6.07) is 4.53. The number of fused-ring (bicyclic) bond motifs is 3. The van der Waals surface area contributed by atoms with Gasteiger partial charge in [0.1, 0.15) is 10.6 Å². The number of piperidine rings is 1. The van der Waals surface area contributed by atoms with E-state index in [1.807, 2.05) is 36.1 Å². The average Bonchev–Trinajstić information content (AvgIpc) is 3.47. The first-order valence-electron chi connectivity index (χ1n) is 10.8. The number of nitrogens with zero attached hydrogens (tertiary/aromatic N) is 6. The van der Waals surface area contributed by atoms with E-state index in [4.69, 9.17) is 9.97 Å². The summed E-state index contributed by atoms with van der Waals surface area (Å²) in [5.41, 5.74) is 2.49. The number of pyridine rings is 1. The lowest BCUT2D eigenvalue weighted by Crippen LogP contribution is -2.35. The van der Waals surface area contributed by atoms with Gasteiger partial charge in [0.15, 0.2) is 5.82 Å². The molecule has 0 unspecified atom stereocenters. The van der Waals surface area contributed by atoms with E-state index in [1.165, 1.54) is 35.1 Å². The lowest BCUT2D eigenvalue weighted by atomic mass is 9.96. The molecule has 0 radical (unpaired) electrons. The third kappa shape index (κ3) is 3.08. The second-order valence-electron chi connectivity index (χ2n) is 8.23. The van der Waals surface area contributed by atoms with Crippen molar-refractivity contribution in [2.45, 2.75) is 44.6 Å². The van der Waals surface area contributed by atoms with Crippen molar-refractivity contribution in [2.75, 3.05) is 18.0 Å². The second kappa shape index (κ2) is 7.47. The first-order chi connectivity index (χ1) is 14.9. The van der Waals surface area contributed by atoms with Crippen LogP contribution in [0.15, 0.2) is 43.2 Å².